The number of nitrogens with zero attached hydrogens (tertiary/aromatic N) is 2. The fraction of sp³-hybridized carbons (Fsp3) is 0.300. The zero-order valence-electron chi connectivity index (χ0n) is 14.9. The molecule has 136 valence electrons. The lowest BCUT2D eigenvalue weighted by atomic mass is 10.2. The van der Waals surface area contributed by atoms with Crippen molar-refractivity contribution in [3.05, 3.63) is 60.2 Å². The van der Waals surface area contributed by atoms with E-state index in [0.29, 0.717) is 24.5 Å². The number of nitrogens with one attached hydrogen (secondary N) is 1. The first-order valence-corrected chi connectivity index (χ1v) is 8.71. The van der Waals surface area contributed by atoms with Gasteiger partial charge in [0.05, 0.1) is 0 Å². The number of benzene rings is 2. The van der Waals surface area contributed by atoms with Crippen molar-refractivity contribution < 1.29 is 14.3 Å². The molecule has 1 heterocycles. The second kappa shape index (κ2) is 8.49. The van der Waals surface area contributed by atoms with Crippen LogP contribution in [0.4, 0.5) is 10.5 Å². The highest BCUT2D eigenvalue weighted by Gasteiger charge is 2.21. The lowest BCUT2D eigenvalue weighted by Crippen LogP contribution is -2.49. The van der Waals surface area contributed by atoms with Gasteiger partial charge in [0.25, 0.3) is 0 Å². The Labute approximate surface area is 153 Å². The minimum Gasteiger partial charge on any atom is -0.427 e. The summed E-state index contributed by atoms with van der Waals surface area (Å²) in [5.41, 5.74) is 1.90. The van der Waals surface area contributed by atoms with Crippen LogP contribution in [0.3, 0.4) is 0 Å². The molecule has 2 aromatic rings. The molecule has 0 aromatic heterocycles. The highest BCUT2D eigenvalue weighted by atomic mass is 16.5. The molecule has 6 nitrogen and oxygen atoms in total. The van der Waals surface area contributed by atoms with Crippen molar-refractivity contribution in [2.45, 2.75) is 13.5 Å². The van der Waals surface area contributed by atoms with E-state index < -0.39 is 0 Å². The van der Waals surface area contributed by atoms with Gasteiger partial charge in [0.1, 0.15) is 5.75 Å². The van der Waals surface area contributed by atoms with Crippen LogP contribution < -0.4 is 10.1 Å². The third-order valence-electron chi connectivity index (χ3n) is 4.26. The zero-order chi connectivity index (χ0) is 18.4. The van der Waals surface area contributed by atoms with Crippen LogP contribution in [0.2, 0.25) is 0 Å². The largest absolute Gasteiger partial charge is 0.427 e. The zero-order valence-corrected chi connectivity index (χ0v) is 14.9. The molecule has 2 aromatic carbocycles. The number of rotatable bonds is 4. The Hall–Kier alpha value is -2.86. The van der Waals surface area contributed by atoms with Gasteiger partial charge in [-0.15, -0.1) is 0 Å². The maximum Gasteiger partial charge on any atom is 0.321 e. The van der Waals surface area contributed by atoms with Gasteiger partial charge < -0.3 is 15.0 Å². The average Bonchev–Trinajstić information content (AvgIpc) is 2.63. The molecule has 0 radical (unpaired) electrons. The maximum atomic E-state index is 12.5. The van der Waals surface area contributed by atoms with Gasteiger partial charge in [-0.3, -0.25) is 9.69 Å². The summed E-state index contributed by atoms with van der Waals surface area (Å²) in [6.45, 7) is 5.30. The summed E-state index contributed by atoms with van der Waals surface area (Å²) in [4.78, 5) is 27.6. The number of amides is 2. The van der Waals surface area contributed by atoms with Crippen molar-refractivity contribution in [1.82, 2.24) is 9.80 Å². The van der Waals surface area contributed by atoms with Gasteiger partial charge in [-0.25, -0.2) is 4.79 Å². The molecule has 6 heteroatoms. The molecule has 0 aliphatic carbocycles. The third kappa shape index (κ3) is 5.07. The topological polar surface area (TPSA) is 61.9 Å². The molecule has 0 atom stereocenters. The maximum absolute atomic E-state index is 12.5. The SMILES string of the molecule is CC(=O)Oc1cccc(NC(=O)N2CCN(Cc3ccccc3)CC2)c1. The summed E-state index contributed by atoms with van der Waals surface area (Å²) in [6, 6.07) is 17.1. The van der Waals surface area contributed by atoms with Crippen LogP contribution in [-0.2, 0) is 11.3 Å². The normalized spacial score (nSPS) is 14.7. The van der Waals surface area contributed by atoms with E-state index in [1.165, 1.54) is 12.5 Å². The van der Waals surface area contributed by atoms with Crippen LogP contribution in [0, 0.1) is 0 Å². The van der Waals surface area contributed by atoms with E-state index in [-0.39, 0.29) is 12.0 Å². The number of esters is 1. The molecule has 1 aliphatic heterocycles. The number of anilines is 1. The van der Waals surface area contributed by atoms with Crippen LogP contribution in [0.5, 0.6) is 5.75 Å². The standard InChI is InChI=1S/C20H23N3O3/c1-16(24)26-19-9-5-8-18(14-19)21-20(25)23-12-10-22(11-13-23)15-17-6-3-2-4-7-17/h2-9,14H,10-13,15H2,1H3,(H,21,25). The van der Waals surface area contributed by atoms with Crippen LogP contribution in [0.25, 0.3) is 0 Å². The molecule has 2 amide bonds. The smallest absolute Gasteiger partial charge is 0.321 e. The summed E-state index contributed by atoms with van der Waals surface area (Å²) < 4.78 is 5.04. The van der Waals surface area contributed by atoms with Crippen molar-refractivity contribution in [3.63, 3.8) is 0 Å². The number of ether oxygens (including phenoxy) is 1. The summed E-state index contributed by atoms with van der Waals surface area (Å²) in [6.07, 6.45) is 0. The molecule has 3 rings (SSSR count). The molecule has 26 heavy (non-hydrogen) atoms. The highest BCUT2D eigenvalue weighted by Crippen LogP contribution is 2.18. The first-order chi connectivity index (χ1) is 12.6. The Balaban J connectivity index is 1.50. The van der Waals surface area contributed by atoms with Gasteiger partial charge in [-0.1, -0.05) is 36.4 Å². The van der Waals surface area contributed by atoms with Gasteiger partial charge in [-0.05, 0) is 17.7 Å². The fourth-order valence-electron chi connectivity index (χ4n) is 2.96. The van der Waals surface area contributed by atoms with E-state index in [0.717, 1.165) is 19.6 Å². The van der Waals surface area contributed by atoms with Crippen molar-refractivity contribution in [2.75, 3.05) is 31.5 Å². The molecule has 1 N–H and O–H groups in total. The lowest BCUT2D eigenvalue weighted by Gasteiger charge is -2.34. The molecule has 0 saturated carbocycles. The summed E-state index contributed by atoms with van der Waals surface area (Å²) in [7, 11) is 0. The van der Waals surface area contributed by atoms with Gasteiger partial charge >= 0.3 is 12.0 Å². The van der Waals surface area contributed by atoms with Crippen molar-refractivity contribution >= 4 is 17.7 Å². The number of carbonyl (C=O) groups is 2. The van der Waals surface area contributed by atoms with Crippen LogP contribution >= 0.6 is 0 Å². The van der Waals surface area contributed by atoms with Gasteiger partial charge in [0.2, 0.25) is 0 Å². The molecule has 0 bridgehead atoms. The summed E-state index contributed by atoms with van der Waals surface area (Å²) >= 11 is 0. The van der Waals surface area contributed by atoms with Gasteiger partial charge in [0, 0.05) is 51.4 Å². The molecule has 0 unspecified atom stereocenters. The minimum absolute atomic E-state index is 0.135. The average molecular weight is 353 g/mol. The Morgan fingerprint density at radius 2 is 1.73 bits per heavy atom. The molecular formula is C20H23N3O3. The second-order valence-electron chi connectivity index (χ2n) is 6.30. The molecule has 1 aliphatic rings. The molecule has 1 fully saturated rings. The van der Waals surface area contributed by atoms with E-state index in [2.05, 4.69) is 22.3 Å². The van der Waals surface area contributed by atoms with E-state index >= 15 is 0 Å². The summed E-state index contributed by atoms with van der Waals surface area (Å²) in [5.74, 6) is 0.0333. The van der Waals surface area contributed by atoms with Gasteiger partial charge in [-0.2, -0.15) is 0 Å². The van der Waals surface area contributed by atoms with Crippen molar-refractivity contribution in [1.29, 1.82) is 0 Å². The van der Waals surface area contributed by atoms with Crippen LogP contribution in [-0.4, -0.2) is 48.0 Å². The minimum atomic E-state index is -0.386. The van der Waals surface area contributed by atoms with E-state index in [1.807, 2.05) is 18.2 Å². The Morgan fingerprint density at radius 1 is 1.00 bits per heavy atom. The number of hydrogen-bond donors (Lipinski definition) is 1. The number of urea groups is 1. The fourth-order valence-corrected chi connectivity index (χ4v) is 2.96. The quantitative estimate of drug-likeness (QED) is 0.678. The Morgan fingerprint density at radius 3 is 2.42 bits per heavy atom. The van der Waals surface area contributed by atoms with E-state index in [1.54, 1.807) is 29.2 Å². The number of piperazine rings is 1. The van der Waals surface area contributed by atoms with Crippen LogP contribution in [0.1, 0.15) is 12.5 Å². The first-order valence-electron chi connectivity index (χ1n) is 8.71. The van der Waals surface area contributed by atoms with Crippen LogP contribution in [0.15, 0.2) is 54.6 Å². The third-order valence-corrected chi connectivity index (χ3v) is 4.26. The lowest BCUT2D eigenvalue weighted by molar-refractivity contribution is -0.131. The van der Waals surface area contributed by atoms with E-state index in [4.69, 9.17) is 4.74 Å². The Kier molecular flexibility index (Phi) is 5.86. The van der Waals surface area contributed by atoms with Gasteiger partial charge in [0.15, 0.2) is 0 Å². The second-order valence-corrected chi connectivity index (χ2v) is 6.30. The molecular weight excluding hydrogens is 330 g/mol. The van der Waals surface area contributed by atoms with E-state index in [9.17, 15) is 9.59 Å². The number of carbonyl (C=O) groups excluding carboxylic acids is 2. The van der Waals surface area contributed by atoms with Crippen molar-refractivity contribution in [2.24, 2.45) is 0 Å². The predicted molar refractivity (Wildman–Crippen MR) is 100 cm³/mol. The Bertz CT molecular complexity index is 756. The first kappa shape index (κ1) is 17.9. The molecule has 1 saturated heterocycles. The highest BCUT2D eigenvalue weighted by molar-refractivity contribution is 5.89. The summed E-state index contributed by atoms with van der Waals surface area (Å²) in [5, 5.41) is 2.87. The van der Waals surface area contributed by atoms with Crippen molar-refractivity contribution in [3.8, 4) is 5.75 Å². The monoisotopic (exact) mass is 353 g/mol. The predicted octanol–water partition coefficient (Wildman–Crippen LogP) is 2.96. The molecule has 0 spiro atoms. The number of hydrogen-bond acceptors (Lipinski definition) is 4.